The Hall–Kier alpha value is -3.07. The van der Waals surface area contributed by atoms with Gasteiger partial charge in [-0.05, 0) is 46.9 Å². The molecule has 1 saturated heterocycles. The Morgan fingerprint density at radius 3 is 2.67 bits per heavy atom. The molecule has 0 bridgehead atoms. The highest BCUT2D eigenvalue weighted by Gasteiger charge is 2.22. The van der Waals surface area contributed by atoms with E-state index in [2.05, 4.69) is 52.7 Å². The summed E-state index contributed by atoms with van der Waals surface area (Å²) >= 11 is 0. The molecule has 1 fully saturated rings. The molecule has 136 valence electrons. The molecular weight excluding hydrogens is 332 g/mol. The van der Waals surface area contributed by atoms with Gasteiger partial charge in [0.2, 0.25) is 5.91 Å². The van der Waals surface area contributed by atoms with Gasteiger partial charge in [-0.25, -0.2) is 0 Å². The first-order valence-corrected chi connectivity index (χ1v) is 9.53. The number of nitrogens with one attached hydrogen (secondary N) is 1. The van der Waals surface area contributed by atoms with Crippen LogP contribution in [-0.2, 0) is 4.79 Å². The number of nitrogens with zero attached hydrogens (tertiary/aromatic N) is 1. The number of carbonyl (C=O) groups is 1. The molecule has 3 heteroatoms. The number of fused-ring (bicyclic) bond motifs is 1. The zero-order valence-electron chi connectivity index (χ0n) is 15.3. The molecule has 0 aromatic heterocycles. The van der Waals surface area contributed by atoms with Crippen LogP contribution in [0.3, 0.4) is 0 Å². The zero-order chi connectivity index (χ0) is 18.5. The zero-order valence-corrected chi connectivity index (χ0v) is 15.3. The van der Waals surface area contributed by atoms with Crippen LogP contribution in [0.4, 0.5) is 5.69 Å². The number of para-hydroxylation sites is 1. The smallest absolute Gasteiger partial charge is 0.244 e. The number of anilines is 1. The summed E-state index contributed by atoms with van der Waals surface area (Å²) in [5.41, 5.74) is 2.33. The van der Waals surface area contributed by atoms with Crippen molar-refractivity contribution in [3.8, 4) is 0 Å². The van der Waals surface area contributed by atoms with Crippen LogP contribution in [0.2, 0.25) is 0 Å². The average molecular weight is 356 g/mol. The van der Waals surface area contributed by atoms with Crippen molar-refractivity contribution in [1.82, 2.24) is 5.32 Å². The molecular formula is C24H24N2O. The van der Waals surface area contributed by atoms with Crippen molar-refractivity contribution in [1.29, 1.82) is 0 Å². The highest BCUT2D eigenvalue weighted by atomic mass is 16.1. The molecule has 1 amide bonds. The van der Waals surface area contributed by atoms with E-state index < -0.39 is 0 Å². The van der Waals surface area contributed by atoms with Crippen molar-refractivity contribution < 1.29 is 4.79 Å². The molecule has 1 aliphatic rings. The molecule has 1 heterocycles. The van der Waals surface area contributed by atoms with Gasteiger partial charge in [0.05, 0.1) is 0 Å². The van der Waals surface area contributed by atoms with Gasteiger partial charge in [-0.3, -0.25) is 4.79 Å². The lowest BCUT2D eigenvalue weighted by Gasteiger charge is -2.18. The lowest BCUT2D eigenvalue weighted by Crippen LogP contribution is -2.29. The van der Waals surface area contributed by atoms with E-state index in [-0.39, 0.29) is 5.91 Å². The van der Waals surface area contributed by atoms with Crippen LogP contribution in [0.25, 0.3) is 16.8 Å². The third kappa shape index (κ3) is 4.20. The lowest BCUT2D eigenvalue weighted by molar-refractivity contribution is -0.116. The fraction of sp³-hybridized carbons (Fsp3) is 0.208. The van der Waals surface area contributed by atoms with Gasteiger partial charge >= 0.3 is 0 Å². The summed E-state index contributed by atoms with van der Waals surface area (Å²) in [7, 11) is 0. The van der Waals surface area contributed by atoms with Gasteiger partial charge in [-0.2, -0.15) is 0 Å². The van der Waals surface area contributed by atoms with Crippen molar-refractivity contribution in [2.45, 2.75) is 6.42 Å². The standard InChI is InChI=1S/C24H24N2O/c27-24(14-13-21-9-6-8-20-7-4-5-12-23(20)21)25-17-19-15-16-26(18-19)22-10-2-1-3-11-22/h1-14,19H,15-18H2,(H,25,27)/b14-13+. The predicted octanol–water partition coefficient (Wildman–Crippen LogP) is 4.50. The minimum absolute atomic E-state index is 0.0268. The van der Waals surface area contributed by atoms with Crippen molar-refractivity contribution in [3.63, 3.8) is 0 Å². The van der Waals surface area contributed by atoms with Gasteiger partial charge < -0.3 is 10.2 Å². The third-order valence-corrected chi connectivity index (χ3v) is 5.21. The van der Waals surface area contributed by atoms with Crippen molar-refractivity contribution in [2.75, 3.05) is 24.5 Å². The van der Waals surface area contributed by atoms with Gasteiger partial charge in [-0.15, -0.1) is 0 Å². The van der Waals surface area contributed by atoms with Crippen molar-refractivity contribution in [2.24, 2.45) is 5.92 Å². The summed E-state index contributed by atoms with van der Waals surface area (Å²) in [6.45, 7) is 2.77. The molecule has 3 nitrogen and oxygen atoms in total. The SMILES string of the molecule is O=C(/C=C/c1cccc2ccccc12)NCC1CCN(c2ccccc2)C1. The summed E-state index contributed by atoms with van der Waals surface area (Å²) in [5.74, 6) is 0.473. The molecule has 0 spiro atoms. The highest BCUT2D eigenvalue weighted by molar-refractivity contribution is 5.96. The second kappa shape index (κ2) is 8.09. The van der Waals surface area contributed by atoms with E-state index in [0.29, 0.717) is 5.92 Å². The van der Waals surface area contributed by atoms with Gasteiger partial charge in [0.25, 0.3) is 0 Å². The van der Waals surface area contributed by atoms with Crippen LogP contribution >= 0.6 is 0 Å². The minimum Gasteiger partial charge on any atom is -0.371 e. The summed E-state index contributed by atoms with van der Waals surface area (Å²) in [6, 6.07) is 24.9. The molecule has 1 atom stereocenters. The predicted molar refractivity (Wildman–Crippen MR) is 113 cm³/mol. The Kier molecular flexibility index (Phi) is 5.20. The van der Waals surface area contributed by atoms with E-state index in [4.69, 9.17) is 0 Å². The number of benzene rings is 3. The topological polar surface area (TPSA) is 32.3 Å². The number of rotatable bonds is 5. The molecule has 3 aromatic rings. The van der Waals surface area contributed by atoms with Gasteiger partial charge in [-0.1, -0.05) is 60.7 Å². The Labute approximate surface area is 160 Å². The van der Waals surface area contributed by atoms with Gasteiger partial charge in [0, 0.05) is 31.4 Å². The fourth-order valence-electron chi connectivity index (χ4n) is 3.74. The maximum atomic E-state index is 12.2. The maximum absolute atomic E-state index is 12.2. The van der Waals surface area contributed by atoms with E-state index in [9.17, 15) is 4.79 Å². The maximum Gasteiger partial charge on any atom is 0.244 e. The third-order valence-electron chi connectivity index (χ3n) is 5.21. The molecule has 1 aliphatic heterocycles. The summed E-state index contributed by atoms with van der Waals surface area (Å²) in [5, 5.41) is 5.41. The van der Waals surface area contributed by atoms with E-state index in [1.165, 1.54) is 16.5 Å². The minimum atomic E-state index is -0.0268. The first-order chi connectivity index (χ1) is 13.3. The Morgan fingerprint density at radius 1 is 1.00 bits per heavy atom. The second-order valence-corrected chi connectivity index (χ2v) is 7.08. The van der Waals surface area contributed by atoms with E-state index in [1.807, 2.05) is 36.4 Å². The van der Waals surface area contributed by atoms with E-state index in [1.54, 1.807) is 6.08 Å². The van der Waals surface area contributed by atoms with Gasteiger partial charge in [0.15, 0.2) is 0 Å². The molecule has 1 N–H and O–H groups in total. The summed E-state index contributed by atoms with van der Waals surface area (Å²) in [4.78, 5) is 14.6. The van der Waals surface area contributed by atoms with Crippen LogP contribution in [0.5, 0.6) is 0 Å². The molecule has 0 radical (unpaired) electrons. The normalized spacial score (nSPS) is 16.9. The van der Waals surface area contributed by atoms with Crippen molar-refractivity contribution >= 4 is 28.4 Å². The molecule has 4 rings (SSSR count). The van der Waals surface area contributed by atoms with Crippen LogP contribution < -0.4 is 10.2 Å². The molecule has 3 aromatic carbocycles. The fourth-order valence-corrected chi connectivity index (χ4v) is 3.74. The summed E-state index contributed by atoms with van der Waals surface area (Å²) < 4.78 is 0. The Bertz CT molecular complexity index is 944. The average Bonchev–Trinajstić information content (AvgIpc) is 3.20. The largest absolute Gasteiger partial charge is 0.371 e. The summed E-state index contributed by atoms with van der Waals surface area (Å²) in [6.07, 6.45) is 4.66. The highest BCUT2D eigenvalue weighted by Crippen LogP contribution is 2.23. The van der Waals surface area contributed by atoms with E-state index in [0.717, 1.165) is 31.6 Å². The monoisotopic (exact) mass is 356 g/mol. The van der Waals surface area contributed by atoms with Crippen LogP contribution in [0, 0.1) is 5.92 Å². The van der Waals surface area contributed by atoms with Crippen LogP contribution in [0.15, 0.2) is 78.9 Å². The number of carbonyl (C=O) groups excluding carboxylic acids is 1. The quantitative estimate of drug-likeness (QED) is 0.683. The molecule has 0 saturated carbocycles. The Balaban J connectivity index is 1.32. The van der Waals surface area contributed by atoms with Gasteiger partial charge in [0.1, 0.15) is 0 Å². The van der Waals surface area contributed by atoms with E-state index >= 15 is 0 Å². The first kappa shape index (κ1) is 17.3. The first-order valence-electron chi connectivity index (χ1n) is 9.53. The van der Waals surface area contributed by atoms with Crippen LogP contribution in [-0.4, -0.2) is 25.5 Å². The van der Waals surface area contributed by atoms with Crippen molar-refractivity contribution in [3.05, 3.63) is 84.4 Å². The molecule has 1 unspecified atom stereocenters. The number of hydrogen-bond acceptors (Lipinski definition) is 2. The molecule has 27 heavy (non-hydrogen) atoms. The lowest BCUT2D eigenvalue weighted by atomic mass is 10.0. The van der Waals surface area contributed by atoms with Crippen LogP contribution in [0.1, 0.15) is 12.0 Å². The Morgan fingerprint density at radius 2 is 1.78 bits per heavy atom. The number of amides is 1. The number of hydrogen-bond donors (Lipinski definition) is 1. The second-order valence-electron chi connectivity index (χ2n) is 7.08. The molecule has 0 aliphatic carbocycles.